The van der Waals surface area contributed by atoms with Gasteiger partial charge in [0.2, 0.25) is 5.88 Å². The highest BCUT2D eigenvalue weighted by Gasteiger charge is 2.28. The number of aromatic nitrogens is 1. The van der Waals surface area contributed by atoms with E-state index >= 15 is 0 Å². The van der Waals surface area contributed by atoms with Gasteiger partial charge in [-0.25, -0.2) is 4.98 Å². The van der Waals surface area contributed by atoms with Crippen molar-refractivity contribution < 1.29 is 9.53 Å². The lowest BCUT2D eigenvalue weighted by atomic mass is 10.1. The molecule has 5 nitrogen and oxygen atoms in total. The van der Waals surface area contributed by atoms with E-state index in [1.165, 1.54) is 11.3 Å². The van der Waals surface area contributed by atoms with Crippen LogP contribution in [0.2, 0.25) is 0 Å². The first-order valence-electron chi connectivity index (χ1n) is 9.78. The molecule has 1 aliphatic heterocycles. The van der Waals surface area contributed by atoms with Crippen LogP contribution < -0.4 is 9.64 Å². The Morgan fingerprint density at radius 1 is 1.30 bits per heavy atom. The van der Waals surface area contributed by atoms with Gasteiger partial charge in [-0.15, -0.1) is 0 Å². The Morgan fingerprint density at radius 2 is 2.11 bits per heavy atom. The fraction of sp³-hybridized carbons (Fsp3) is 0.455. The molecule has 0 N–H and O–H groups in total. The monoisotopic (exact) mass is 365 g/mol. The molecule has 0 spiro atoms. The summed E-state index contributed by atoms with van der Waals surface area (Å²) in [5, 5.41) is 0. The number of ether oxygens (including phenoxy) is 1. The number of carbonyl (C=O) groups is 1. The minimum absolute atomic E-state index is 0.00668. The number of hydrogen-bond donors (Lipinski definition) is 0. The second-order valence-corrected chi connectivity index (χ2v) is 7.63. The highest BCUT2D eigenvalue weighted by atomic mass is 16.5. The van der Waals surface area contributed by atoms with Gasteiger partial charge in [-0.05, 0) is 55.4 Å². The molecule has 2 aromatic rings. The van der Waals surface area contributed by atoms with Gasteiger partial charge in [0.25, 0.3) is 5.91 Å². The third kappa shape index (κ3) is 3.64. The molecule has 1 aliphatic carbocycles. The van der Waals surface area contributed by atoms with E-state index in [9.17, 15) is 4.79 Å². The number of pyridine rings is 1. The third-order valence-corrected chi connectivity index (χ3v) is 5.73. The summed E-state index contributed by atoms with van der Waals surface area (Å²) in [5.74, 6) is 0.949. The van der Waals surface area contributed by atoms with Crippen LogP contribution in [0, 0.1) is 5.92 Å². The third-order valence-electron chi connectivity index (χ3n) is 5.73. The highest BCUT2D eigenvalue weighted by molar-refractivity contribution is 5.96. The van der Waals surface area contributed by atoms with E-state index in [4.69, 9.17) is 4.74 Å². The molecule has 1 fully saturated rings. The first-order chi connectivity index (χ1) is 13.2. The first-order valence-corrected chi connectivity index (χ1v) is 9.78. The predicted octanol–water partition coefficient (Wildman–Crippen LogP) is 3.18. The molecule has 5 heteroatoms. The second kappa shape index (κ2) is 7.59. The van der Waals surface area contributed by atoms with Crippen LogP contribution in [0.4, 0.5) is 5.69 Å². The minimum atomic E-state index is 0.00668. The lowest BCUT2D eigenvalue weighted by Gasteiger charge is -2.23. The Balaban J connectivity index is 1.43. The summed E-state index contributed by atoms with van der Waals surface area (Å²) in [6, 6.07) is 12.5. The lowest BCUT2D eigenvalue weighted by Crippen LogP contribution is -2.33. The number of anilines is 1. The summed E-state index contributed by atoms with van der Waals surface area (Å²) in [6.07, 6.45) is 4.20. The van der Waals surface area contributed by atoms with Crippen LogP contribution in [0.25, 0.3) is 0 Å². The Labute approximate surface area is 161 Å². The number of aryl methyl sites for hydroxylation is 2. The van der Waals surface area contributed by atoms with Crippen molar-refractivity contribution in [2.24, 2.45) is 5.92 Å². The zero-order valence-electron chi connectivity index (χ0n) is 16.1. The van der Waals surface area contributed by atoms with Gasteiger partial charge < -0.3 is 14.5 Å². The van der Waals surface area contributed by atoms with Gasteiger partial charge in [0.15, 0.2) is 0 Å². The van der Waals surface area contributed by atoms with Gasteiger partial charge in [-0.1, -0.05) is 18.2 Å². The molecular formula is C22H27N3O2. The molecule has 1 saturated heterocycles. The molecule has 1 unspecified atom stereocenters. The van der Waals surface area contributed by atoms with Crippen molar-refractivity contribution in [1.82, 2.24) is 9.88 Å². The van der Waals surface area contributed by atoms with Crippen LogP contribution >= 0.6 is 0 Å². The van der Waals surface area contributed by atoms with Crippen molar-refractivity contribution in [2.75, 3.05) is 38.7 Å². The van der Waals surface area contributed by atoms with E-state index in [1.807, 2.05) is 24.1 Å². The van der Waals surface area contributed by atoms with E-state index in [0.29, 0.717) is 17.4 Å². The zero-order valence-corrected chi connectivity index (χ0v) is 16.1. The van der Waals surface area contributed by atoms with E-state index in [1.54, 1.807) is 7.11 Å². The Hall–Kier alpha value is -2.56. The fourth-order valence-corrected chi connectivity index (χ4v) is 4.29. The van der Waals surface area contributed by atoms with Crippen molar-refractivity contribution in [3.63, 3.8) is 0 Å². The standard InChI is InChI=1S/C22H27N3O2/c1-24(14-16-11-12-25(15-16)18-8-4-3-5-9-18)22(26)19-13-17-7-6-10-20(17)23-21(19)27-2/h3-5,8-9,13,16H,6-7,10-12,14-15H2,1-2H3. The first kappa shape index (κ1) is 17.8. The molecule has 2 heterocycles. The van der Waals surface area contributed by atoms with Crippen molar-refractivity contribution in [3.05, 3.63) is 53.2 Å². The quantitative estimate of drug-likeness (QED) is 0.816. The van der Waals surface area contributed by atoms with Crippen LogP contribution in [0.5, 0.6) is 5.88 Å². The molecule has 4 rings (SSSR count). The van der Waals surface area contributed by atoms with Crippen LogP contribution in [0.3, 0.4) is 0 Å². The largest absolute Gasteiger partial charge is 0.480 e. The van der Waals surface area contributed by atoms with Crippen molar-refractivity contribution >= 4 is 11.6 Å². The number of benzene rings is 1. The maximum absolute atomic E-state index is 13.1. The normalized spacial score (nSPS) is 18.4. The van der Waals surface area contributed by atoms with Crippen LogP contribution in [0.15, 0.2) is 36.4 Å². The Kier molecular flexibility index (Phi) is 5.01. The number of rotatable bonds is 5. The molecule has 1 aromatic carbocycles. The molecule has 0 radical (unpaired) electrons. The van der Waals surface area contributed by atoms with Gasteiger partial charge in [-0.3, -0.25) is 4.79 Å². The molecule has 0 saturated carbocycles. The number of hydrogen-bond acceptors (Lipinski definition) is 4. The topological polar surface area (TPSA) is 45.7 Å². The number of amides is 1. The van der Waals surface area contributed by atoms with E-state index in [2.05, 4.69) is 34.1 Å². The lowest BCUT2D eigenvalue weighted by molar-refractivity contribution is 0.0772. The SMILES string of the molecule is COc1nc2c(cc1C(=O)N(C)CC1CCN(c3ccccc3)C1)CCC2. The molecule has 1 aromatic heterocycles. The Bertz CT molecular complexity index is 822. The predicted molar refractivity (Wildman–Crippen MR) is 107 cm³/mol. The molecule has 2 aliphatic rings. The average Bonchev–Trinajstić information content (AvgIpc) is 3.35. The number of fused-ring (bicyclic) bond motifs is 1. The molecular weight excluding hydrogens is 338 g/mol. The summed E-state index contributed by atoms with van der Waals surface area (Å²) in [5.41, 5.74) is 4.14. The van der Waals surface area contributed by atoms with Gasteiger partial charge in [0.05, 0.1) is 7.11 Å². The van der Waals surface area contributed by atoms with Gasteiger partial charge >= 0.3 is 0 Å². The summed E-state index contributed by atoms with van der Waals surface area (Å²) < 4.78 is 5.42. The molecule has 27 heavy (non-hydrogen) atoms. The smallest absolute Gasteiger partial charge is 0.259 e. The second-order valence-electron chi connectivity index (χ2n) is 7.63. The molecule has 0 bridgehead atoms. The van der Waals surface area contributed by atoms with E-state index in [-0.39, 0.29) is 5.91 Å². The van der Waals surface area contributed by atoms with Crippen LogP contribution in [-0.2, 0) is 12.8 Å². The van der Waals surface area contributed by atoms with E-state index in [0.717, 1.165) is 51.0 Å². The summed E-state index contributed by atoms with van der Waals surface area (Å²) >= 11 is 0. The highest BCUT2D eigenvalue weighted by Crippen LogP contribution is 2.28. The number of nitrogens with zero attached hydrogens (tertiary/aromatic N) is 3. The van der Waals surface area contributed by atoms with Gasteiger partial charge in [0, 0.05) is 38.1 Å². The fourth-order valence-electron chi connectivity index (χ4n) is 4.29. The molecule has 1 amide bonds. The van der Waals surface area contributed by atoms with Crippen molar-refractivity contribution in [3.8, 4) is 5.88 Å². The summed E-state index contributed by atoms with van der Waals surface area (Å²) in [6.45, 7) is 2.78. The van der Waals surface area contributed by atoms with Gasteiger partial charge in [0.1, 0.15) is 5.56 Å². The summed E-state index contributed by atoms with van der Waals surface area (Å²) in [7, 11) is 3.48. The average molecular weight is 365 g/mol. The number of carbonyl (C=O) groups excluding carboxylic acids is 1. The maximum atomic E-state index is 13.1. The maximum Gasteiger partial charge on any atom is 0.259 e. The van der Waals surface area contributed by atoms with Crippen molar-refractivity contribution in [2.45, 2.75) is 25.7 Å². The summed E-state index contributed by atoms with van der Waals surface area (Å²) in [4.78, 5) is 21.9. The number of methoxy groups -OCH3 is 1. The van der Waals surface area contributed by atoms with Crippen LogP contribution in [-0.4, -0.2) is 49.6 Å². The molecule has 142 valence electrons. The zero-order chi connectivity index (χ0) is 18.8. The number of para-hydroxylation sites is 1. The minimum Gasteiger partial charge on any atom is -0.480 e. The Morgan fingerprint density at radius 3 is 2.89 bits per heavy atom. The van der Waals surface area contributed by atoms with Crippen LogP contribution in [0.1, 0.15) is 34.5 Å². The van der Waals surface area contributed by atoms with Crippen molar-refractivity contribution in [1.29, 1.82) is 0 Å². The van der Waals surface area contributed by atoms with Gasteiger partial charge in [-0.2, -0.15) is 0 Å². The molecule has 1 atom stereocenters. The van der Waals surface area contributed by atoms with E-state index < -0.39 is 0 Å².